The van der Waals surface area contributed by atoms with E-state index in [1.54, 1.807) is 6.07 Å². The van der Waals surface area contributed by atoms with Crippen LogP contribution in [0.1, 0.15) is 27.0 Å². The highest BCUT2D eigenvalue weighted by atomic mass is 16.1. The fourth-order valence-electron chi connectivity index (χ4n) is 2.88. The molecule has 0 spiro atoms. The van der Waals surface area contributed by atoms with Crippen LogP contribution in [0.3, 0.4) is 0 Å². The van der Waals surface area contributed by atoms with Gasteiger partial charge in [0.05, 0.1) is 0 Å². The Morgan fingerprint density at radius 2 is 2.00 bits per heavy atom. The van der Waals surface area contributed by atoms with E-state index in [1.165, 1.54) is 11.1 Å². The van der Waals surface area contributed by atoms with E-state index >= 15 is 0 Å². The van der Waals surface area contributed by atoms with Gasteiger partial charge in [0.1, 0.15) is 0 Å². The molecule has 0 aromatic heterocycles. The summed E-state index contributed by atoms with van der Waals surface area (Å²) in [5, 5.41) is 0. The van der Waals surface area contributed by atoms with Gasteiger partial charge in [0.25, 0.3) is 0 Å². The Morgan fingerprint density at radius 1 is 1.19 bits per heavy atom. The molecular weight excluding hydrogens is 262 g/mol. The van der Waals surface area contributed by atoms with Gasteiger partial charge in [-0.3, -0.25) is 9.69 Å². The first-order valence-corrected chi connectivity index (χ1v) is 7.11. The number of carbonyl (C=O) groups is 1. The van der Waals surface area contributed by atoms with Crippen LogP contribution in [0.2, 0.25) is 0 Å². The lowest BCUT2D eigenvalue weighted by molar-refractivity contribution is 0.1000. The first-order valence-electron chi connectivity index (χ1n) is 7.11. The smallest absolute Gasteiger partial charge is 0.248 e. The van der Waals surface area contributed by atoms with Crippen LogP contribution >= 0.6 is 0 Å². The lowest BCUT2D eigenvalue weighted by atomic mass is 9.97. The van der Waals surface area contributed by atoms with Crippen molar-refractivity contribution >= 4 is 11.6 Å². The molecule has 0 atom stereocenters. The zero-order chi connectivity index (χ0) is 14.8. The maximum atomic E-state index is 11.2. The van der Waals surface area contributed by atoms with E-state index in [-0.39, 0.29) is 5.91 Å². The van der Waals surface area contributed by atoms with Crippen molar-refractivity contribution in [3.05, 3.63) is 64.7 Å². The molecule has 0 bridgehead atoms. The van der Waals surface area contributed by atoms with Crippen molar-refractivity contribution in [3.8, 4) is 0 Å². The summed E-state index contributed by atoms with van der Waals surface area (Å²) in [5.41, 5.74) is 16.5. The largest absolute Gasteiger partial charge is 0.398 e. The van der Waals surface area contributed by atoms with Gasteiger partial charge >= 0.3 is 0 Å². The lowest BCUT2D eigenvalue weighted by Gasteiger charge is -2.29. The molecule has 4 N–H and O–H groups in total. The Kier molecular flexibility index (Phi) is 3.62. The molecule has 1 aliphatic rings. The van der Waals surface area contributed by atoms with Crippen LogP contribution in [0.4, 0.5) is 5.69 Å². The Bertz CT molecular complexity index is 681. The van der Waals surface area contributed by atoms with E-state index in [4.69, 9.17) is 11.5 Å². The molecule has 4 nitrogen and oxygen atoms in total. The average molecular weight is 281 g/mol. The number of benzene rings is 2. The molecule has 0 saturated carbocycles. The van der Waals surface area contributed by atoms with Gasteiger partial charge in [0.2, 0.25) is 5.91 Å². The van der Waals surface area contributed by atoms with Gasteiger partial charge in [-0.1, -0.05) is 24.3 Å². The standard InChI is InChI=1S/C17H19N3O/c18-16-6-2-4-13-7-8-20(11-15(13)16)10-12-3-1-5-14(9-12)17(19)21/h1-6,9H,7-8,10-11,18H2,(H2,19,21). The third kappa shape index (κ3) is 2.90. The minimum Gasteiger partial charge on any atom is -0.398 e. The van der Waals surface area contributed by atoms with Gasteiger partial charge in [-0.2, -0.15) is 0 Å². The van der Waals surface area contributed by atoms with Gasteiger partial charge in [0, 0.05) is 30.9 Å². The molecule has 0 radical (unpaired) electrons. The van der Waals surface area contributed by atoms with Gasteiger partial charge in [-0.25, -0.2) is 0 Å². The van der Waals surface area contributed by atoms with Crippen molar-refractivity contribution in [2.75, 3.05) is 12.3 Å². The third-order valence-corrected chi connectivity index (χ3v) is 4.01. The monoisotopic (exact) mass is 281 g/mol. The fraction of sp³-hybridized carbons (Fsp3) is 0.235. The molecule has 1 amide bonds. The zero-order valence-corrected chi connectivity index (χ0v) is 11.9. The second-order valence-electron chi connectivity index (χ2n) is 5.51. The summed E-state index contributed by atoms with van der Waals surface area (Å²) in [6, 6.07) is 13.6. The van der Waals surface area contributed by atoms with Gasteiger partial charge in [-0.15, -0.1) is 0 Å². The Balaban J connectivity index is 1.77. The van der Waals surface area contributed by atoms with Crippen LogP contribution in [0.5, 0.6) is 0 Å². The molecule has 0 aliphatic carbocycles. The highest BCUT2D eigenvalue weighted by Gasteiger charge is 2.18. The number of anilines is 1. The second kappa shape index (κ2) is 5.58. The van der Waals surface area contributed by atoms with E-state index in [1.807, 2.05) is 30.3 Å². The molecule has 0 saturated heterocycles. The fourth-order valence-corrected chi connectivity index (χ4v) is 2.88. The summed E-state index contributed by atoms with van der Waals surface area (Å²) in [5.74, 6) is -0.384. The maximum Gasteiger partial charge on any atom is 0.248 e. The number of nitrogens with two attached hydrogens (primary N) is 2. The van der Waals surface area contributed by atoms with E-state index in [0.717, 1.165) is 37.3 Å². The zero-order valence-electron chi connectivity index (χ0n) is 11.9. The topological polar surface area (TPSA) is 72.4 Å². The second-order valence-corrected chi connectivity index (χ2v) is 5.51. The third-order valence-electron chi connectivity index (χ3n) is 4.01. The van der Waals surface area contributed by atoms with Crippen molar-refractivity contribution in [1.82, 2.24) is 4.90 Å². The number of amides is 1. The number of hydrogen-bond donors (Lipinski definition) is 2. The molecule has 4 heteroatoms. The minimum absolute atomic E-state index is 0.384. The average Bonchev–Trinajstić information content (AvgIpc) is 2.48. The predicted molar refractivity (Wildman–Crippen MR) is 83.6 cm³/mol. The molecule has 108 valence electrons. The molecule has 2 aromatic carbocycles. The molecule has 21 heavy (non-hydrogen) atoms. The first-order chi connectivity index (χ1) is 10.1. The Hall–Kier alpha value is -2.33. The van der Waals surface area contributed by atoms with Crippen molar-refractivity contribution in [2.45, 2.75) is 19.5 Å². The van der Waals surface area contributed by atoms with E-state index in [2.05, 4.69) is 11.0 Å². The van der Waals surface area contributed by atoms with Crippen molar-refractivity contribution in [2.24, 2.45) is 5.73 Å². The summed E-state index contributed by atoms with van der Waals surface area (Å²) < 4.78 is 0. The number of nitrogens with zero attached hydrogens (tertiary/aromatic N) is 1. The maximum absolute atomic E-state index is 11.2. The summed E-state index contributed by atoms with van der Waals surface area (Å²) in [4.78, 5) is 13.6. The van der Waals surface area contributed by atoms with Gasteiger partial charge < -0.3 is 11.5 Å². The Morgan fingerprint density at radius 3 is 2.81 bits per heavy atom. The normalized spacial score (nSPS) is 14.7. The summed E-state index contributed by atoms with van der Waals surface area (Å²) in [6.07, 6.45) is 1.01. The number of hydrogen-bond acceptors (Lipinski definition) is 3. The van der Waals surface area contributed by atoms with Crippen LogP contribution in [0, 0.1) is 0 Å². The molecular formula is C17H19N3O. The molecule has 1 heterocycles. The molecule has 0 fully saturated rings. The molecule has 2 aromatic rings. The SMILES string of the molecule is NC(=O)c1cccc(CN2CCc3cccc(N)c3C2)c1. The van der Waals surface area contributed by atoms with Crippen LogP contribution in [-0.2, 0) is 19.5 Å². The van der Waals surface area contributed by atoms with E-state index in [9.17, 15) is 4.79 Å². The quantitative estimate of drug-likeness (QED) is 0.844. The molecule has 0 unspecified atom stereocenters. The van der Waals surface area contributed by atoms with Gasteiger partial charge in [-0.05, 0) is 41.3 Å². The highest BCUT2D eigenvalue weighted by Crippen LogP contribution is 2.25. The number of primary amides is 1. The van der Waals surface area contributed by atoms with Crippen molar-refractivity contribution < 1.29 is 4.79 Å². The first kappa shape index (κ1) is 13.6. The molecule has 1 aliphatic heterocycles. The van der Waals surface area contributed by atoms with Crippen molar-refractivity contribution in [3.63, 3.8) is 0 Å². The number of fused-ring (bicyclic) bond motifs is 1. The highest BCUT2D eigenvalue weighted by molar-refractivity contribution is 5.92. The number of carbonyl (C=O) groups excluding carboxylic acids is 1. The number of nitrogen functional groups attached to an aromatic ring is 1. The summed E-state index contributed by atoms with van der Waals surface area (Å²) in [7, 11) is 0. The summed E-state index contributed by atoms with van der Waals surface area (Å²) >= 11 is 0. The lowest BCUT2D eigenvalue weighted by Crippen LogP contribution is -2.30. The number of rotatable bonds is 3. The molecule has 3 rings (SSSR count). The van der Waals surface area contributed by atoms with Crippen LogP contribution < -0.4 is 11.5 Å². The van der Waals surface area contributed by atoms with E-state index in [0.29, 0.717) is 5.56 Å². The minimum atomic E-state index is -0.384. The van der Waals surface area contributed by atoms with Crippen molar-refractivity contribution in [1.29, 1.82) is 0 Å². The summed E-state index contributed by atoms with van der Waals surface area (Å²) in [6.45, 7) is 2.65. The van der Waals surface area contributed by atoms with Gasteiger partial charge in [0.15, 0.2) is 0 Å². The van der Waals surface area contributed by atoms with Crippen LogP contribution in [-0.4, -0.2) is 17.4 Å². The Labute approximate surface area is 124 Å². The van der Waals surface area contributed by atoms with Crippen LogP contribution in [0.25, 0.3) is 0 Å². The predicted octanol–water partition coefficient (Wildman–Crippen LogP) is 1.93. The van der Waals surface area contributed by atoms with E-state index < -0.39 is 0 Å². The van der Waals surface area contributed by atoms with Crippen LogP contribution in [0.15, 0.2) is 42.5 Å².